The molecular formula is C30H33N3O3. The van der Waals surface area contributed by atoms with Gasteiger partial charge in [0, 0.05) is 43.0 Å². The van der Waals surface area contributed by atoms with Crippen LogP contribution in [0, 0.1) is 19.8 Å². The Kier molecular flexibility index (Phi) is 6.97. The Bertz CT molecular complexity index is 1270. The van der Waals surface area contributed by atoms with Gasteiger partial charge in [-0.05, 0) is 26.7 Å². The lowest BCUT2D eigenvalue weighted by Crippen LogP contribution is -2.40. The molecule has 6 heteroatoms. The maximum absolute atomic E-state index is 12.0. The van der Waals surface area contributed by atoms with Crippen LogP contribution in [-0.2, 0) is 16.0 Å². The number of fused-ring (bicyclic) bond motifs is 1. The van der Waals surface area contributed by atoms with Crippen molar-refractivity contribution < 1.29 is 14.7 Å². The largest absolute Gasteiger partial charge is 0.391 e. The Morgan fingerprint density at radius 2 is 1.47 bits per heavy atom. The number of aromatic nitrogens is 2. The van der Waals surface area contributed by atoms with Crippen LogP contribution in [0.2, 0.25) is 0 Å². The fraction of sp³-hybridized carbons (Fsp3) is 0.400. The second kappa shape index (κ2) is 10.3. The summed E-state index contributed by atoms with van der Waals surface area (Å²) in [6, 6.07) is 16.7. The van der Waals surface area contributed by atoms with E-state index in [2.05, 4.69) is 67.3 Å². The summed E-state index contributed by atoms with van der Waals surface area (Å²) in [6.07, 6.45) is 2.97. The number of carbonyl (C=O) groups excluding carboxylic acids is 2. The molecule has 2 aromatic carbocycles. The molecule has 1 aromatic heterocycles. The van der Waals surface area contributed by atoms with Crippen molar-refractivity contribution in [3.63, 3.8) is 0 Å². The fourth-order valence-electron chi connectivity index (χ4n) is 5.26. The van der Waals surface area contributed by atoms with Crippen LogP contribution in [0.4, 0.5) is 5.82 Å². The lowest BCUT2D eigenvalue weighted by molar-refractivity contribution is -0.122. The van der Waals surface area contributed by atoms with Gasteiger partial charge in [-0.25, -0.2) is 9.97 Å². The summed E-state index contributed by atoms with van der Waals surface area (Å²) in [5, 5.41) is 10.6. The van der Waals surface area contributed by atoms with Crippen molar-refractivity contribution >= 4 is 17.4 Å². The first kappa shape index (κ1) is 24.3. The molecule has 0 bridgehead atoms. The van der Waals surface area contributed by atoms with Crippen LogP contribution in [-0.4, -0.2) is 45.8 Å². The molecule has 1 aliphatic carbocycles. The van der Waals surface area contributed by atoms with E-state index in [0.29, 0.717) is 19.4 Å². The molecule has 6 nitrogen and oxygen atoms in total. The Labute approximate surface area is 212 Å². The molecule has 0 radical (unpaired) electrons. The third kappa shape index (κ3) is 5.24. The molecule has 1 saturated carbocycles. The van der Waals surface area contributed by atoms with E-state index in [1.54, 1.807) is 0 Å². The van der Waals surface area contributed by atoms with Gasteiger partial charge in [0.25, 0.3) is 0 Å². The molecule has 5 rings (SSSR count). The number of aryl methyl sites for hydroxylation is 2. The Morgan fingerprint density at radius 1 is 0.861 bits per heavy atom. The fourth-order valence-corrected chi connectivity index (χ4v) is 5.26. The second-order valence-electron chi connectivity index (χ2n) is 10.3. The van der Waals surface area contributed by atoms with Crippen LogP contribution in [0.15, 0.2) is 48.5 Å². The average molecular weight is 484 g/mol. The summed E-state index contributed by atoms with van der Waals surface area (Å²) in [6.45, 7) is 5.38. The topological polar surface area (TPSA) is 83.4 Å². The van der Waals surface area contributed by atoms with Gasteiger partial charge in [0.2, 0.25) is 0 Å². The highest BCUT2D eigenvalue weighted by Crippen LogP contribution is 2.35. The van der Waals surface area contributed by atoms with Crippen molar-refractivity contribution in [3.8, 4) is 22.5 Å². The molecule has 2 atom stereocenters. The van der Waals surface area contributed by atoms with Crippen molar-refractivity contribution in [1.82, 2.24) is 9.97 Å². The molecule has 3 aromatic rings. The predicted octanol–water partition coefficient (Wildman–Crippen LogP) is 4.87. The first-order chi connectivity index (χ1) is 17.4. The first-order valence-electron chi connectivity index (χ1n) is 12.9. The van der Waals surface area contributed by atoms with E-state index in [-0.39, 0.29) is 23.9 Å². The number of β-amino-alcohol motifs (C(OH)–C–C–N with tert-alkyl or cyclic N) is 1. The van der Waals surface area contributed by atoms with Crippen molar-refractivity contribution in [2.45, 2.75) is 58.5 Å². The summed E-state index contributed by atoms with van der Waals surface area (Å²) in [4.78, 5) is 35.9. The zero-order valence-electron chi connectivity index (χ0n) is 21.0. The van der Waals surface area contributed by atoms with Gasteiger partial charge in [0.1, 0.15) is 11.6 Å². The molecule has 36 heavy (non-hydrogen) atoms. The number of nitrogens with zero attached hydrogens (tertiary/aromatic N) is 3. The monoisotopic (exact) mass is 483 g/mol. The number of Topliss-reactive ketones (excluding diaryl/α,β-unsaturated/α-hetero) is 2. The number of rotatable bonds is 7. The normalized spacial score (nSPS) is 19.6. The standard InChI is InChI=1S/C30H33N3O3/c1-19-6-10-21(11-7-19)28-29(22-12-8-20(2)9-13-22)32-30-26(31-28)16-25(35)18-33(30)14-4-3-5-23-15-24(34)17-27(23)36/h6-13,23,25,35H,3-5,14-18H2,1-2H3. The molecule has 0 amide bonds. The number of carbonyl (C=O) groups is 2. The number of ketones is 2. The van der Waals surface area contributed by atoms with Crippen molar-refractivity contribution in [2.24, 2.45) is 5.92 Å². The zero-order valence-corrected chi connectivity index (χ0v) is 21.0. The third-order valence-corrected chi connectivity index (χ3v) is 7.29. The summed E-state index contributed by atoms with van der Waals surface area (Å²) >= 11 is 0. The van der Waals surface area contributed by atoms with Crippen LogP contribution < -0.4 is 4.90 Å². The summed E-state index contributed by atoms with van der Waals surface area (Å²) in [5.41, 5.74) is 6.89. The van der Waals surface area contributed by atoms with E-state index in [4.69, 9.17) is 9.97 Å². The molecular weight excluding hydrogens is 450 g/mol. The van der Waals surface area contributed by atoms with Crippen molar-refractivity contribution in [3.05, 3.63) is 65.4 Å². The van der Waals surface area contributed by atoms with Crippen molar-refractivity contribution in [2.75, 3.05) is 18.0 Å². The minimum atomic E-state index is -0.503. The minimum Gasteiger partial charge on any atom is -0.391 e. The lowest BCUT2D eigenvalue weighted by Gasteiger charge is -2.33. The van der Waals surface area contributed by atoms with Gasteiger partial charge in [-0.1, -0.05) is 66.1 Å². The van der Waals surface area contributed by atoms with Gasteiger partial charge in [0.15, 0.2) is 5.82 Å². The first-order valence-corrected chi connectivity index (χ1v) is 12.9. The van der Waals surface area contributed by atoms with E-state index in [0.717, 1.165) is 59.8 Å². The van der Waals surface area contributed by atoms with Gasteiger partial charge in [0.05, 0.1) is 29.6 Å². The molecule has 0 saturated heterocycles. The van der Waals surface area contributed by atoms with E-state index in [1.165, 1.54) is 11.1 Å². The van der Waals surface area contributed by atoms with Crippen molar-refractivity contribution in [1.29, 1.82) is 0 Å². The predicted molar refractivity (Wildman–Crippen MR) is 141 cm³/mol. The maximum Gasteiger partial charge on any atom is 0.151 e. The minimum absolute atomic E-state index is 0.0707. The number of hydrogen-bond donors (Lipinski definition) is 1. The SMILES string of the molecule is Cc1ccc(-c2nc3c(nc2-c2ccc(C)cc2)N(CCCCC2CC(=O)CC2=O)CC(O)C3)cc1. The number of aliphatic hydroxyl groups is 1. The highest BCUT2D eigenvalue weighted by molar-refractivity contribution is 6.06. The third-order valence-electron chi connectivity index (χ3n) is 7.29. The molecule has 1 fully saturated rings. The maximum atomic E-state index is 12.0. The van der Waals surface area contributed by atoms with Gasteiger partial charge in [-0.2, -0.15) is 0 Å². The molecule has 1 N–H and O–H groups in total. The van der Waals surface area contributed by atoms with E-state index in [9.17, 15) is 14.7 Å². The molecule has 2 heterocycles. The van der Waals surface area contributed by atoms with E-state index in [1.807, 2.05) is 0 Å². The second-order valence-corrected chi connectivity index (χ2v) is 10.3. The Balaban J connectivity index is 1.43. The molecule has 186 valence electrons. The van der Waals surface area contributed by atoms with Crippen LogP contribution in [0.25, 0.3) is 22.5 Å². The molecule has 1 aliphatic heterocycles. The van der Waals surface area contributed by atoms with Gasteiger partial charge in [-0.3, -0.25) is 9.59 Å². The number of hydrogen-bond acceptors (Lipinski definition) is 6. The molecule has 0 spiro atoms. The zero-order chi connectivity index (χ0) is 25.2. The number of aliphatic hydroxyl groups excluding tert-OH is 1. The Hall–Kier alpha value is -3.38. The molecule has 2 unspecified atom stereocenters. The summed E-state index contributed by atoms with van der Waals surface area (Å²) in [7, 11) is 0. The average Bonchev–Trinajstić information content (AvgIpc) is 3.18. The van der Waals surface area contributed by atoms with Crippen LogP contribution in [0.1, 0.15) is 48.9 Å². The summed E-state index contributed by atoms with van der Waals surface area (Å²) < 4.78 is 0. The van der Waals surface area contributed by atoms with Gasteiger partial charge >= 0.3 is 0 Å². The quantitative estimate of drug-likeness (QED) is 0.381. The van der Waals surface area contributed by atoms with E-state index >= 15 is 0 Å². The highest BCUT2D eigenvalue weighted by Gasteiger charge is 2.31. The number of anilines is 1. The van der Waals surface area contributed by atoms with Gasteiger partial charge in [-0.15, -0.1) is 0 Å². The Morgan fingerprint density at radius 3 is 2.06 bits per heavy atom. The van der Waals surface area contributed by atoms with Gasteiger partial charge < -0.3 is 10.0 Å². The number of benzene rings is 2. The van der Waals surface area contributed by atoms with Crippen LogP contribution in [0.5, 0.6) is 0 Å². The smallest absolute Gasteiger partial charge is 0.151 e. The van der Waals surface area contributed by atoms with Crippen LogP contribution >= 0.6 is 0 Å². The number of unbranched alkanes of at least 4 members (excludes halogenated alkanes) is 1. The van der Waals surface area contributed by atoms with E-state index < -0.39 is 6.10 Å². The summed E-state index contributed by atoms with van der Waals surface area (Å²) in [5.74, 6) is 0.887. The highest BCUT2D eigenvalue weighted by atomic mass is 16.3. The van der Waals surface area contributed by atoms with Crippen LogP contribution in [0.3, 0.4) is 0 Å². The lowest BCUT2D eigenvalue weighted by atomic mass is 9.98. The molecule has 2 aliphatic rings.